The molecule has 2 N–H and O–H groups in total. The minimum atomic E-state index is -4.17. The number of ether oxygens (including phenoxy) is 1. The molecule has 1 atom stereocenters. The average Bonchev–Trinajstić information content (AvgIpc) is 3.06. The molecule has 1 saturated carbocycles. The maximum absolute atomic E-state index is 12.7. The molecule has 2 fully saturated rings. The molecule has 1 aliphatic heterocycles. The summed E-state index contributed by atoms with van der Waals surface area (Å²) in [5.41, 5.74) is 4.13. The third kappa shape index (κ3) is 3.87. The van der Waals surface area contributed by atoms with Crippen molar-refractivity contribution in [1.82, 2.24) is 4.90 Å². The minimum Gasteiger partial charge on any atom is -0.375 e. The van der Waals surface area contributed by atoms with Crippen molar-refractivity contribution in [1.29, 1.82) is 0 Å². The fourth-order valence-corrected chi connectivity index (χ4v) is 2.04. The van der Waals surface area contributed by atoms with Gasteiger partial charge >= 0.3 is 6.18 Å². The van der Waals surface area contributed by atoms with Gasteiger partial charge in [-0.15, -0.1) is 24.0 Å². The first-order valence-electron chi connectivity index (χ1n) is 6.07. The second kappa shape index (κ2) is 6.02. The first kappa shape index (κ1) is 16.8. The molecule has 0 aromatic rings. The first-order chi connectivity index (χ1) is 8.34. The number of guanidine groups is 1. The van der Waals surface area contributed by atoms with E-state index in [0.29, 0.717) is 19.7 Å². The minimum absolute atomic E-state index is 0. The summed E-state index contributed by atoms with van der Waals surface area (Å²) in [4.78, 5) is 5.71. The van der Waals surface area contributed by atoms with E-state index >= 15 is 0 Å². The van der Waals surface area contributed by atoms with Crippen molar-refractivity contribution in [3.63, 3.8) is 0 Å². The van der Waals surface area contributed by atoms with E-state index in [1.807, 2.05) is 6.92 Å². The molecule has 0 radical (unpaired) electrons. The predicted octanol–water partition coefficient (Wildman–Crippen LogP) is 1.98. The van der Waals surface area contributed by atoms with Crippen LogP contribution in [-0.4, -0.2) is 49.4 Å². The number of alkyl halides is 3. The highest BCUT2D eigenvalue weighted by molar-refractivity contribution is 14.0. The van der Waals surface area contributed by atoms with Gasteiger partial charge in [0, 0.05) is 13.1 Å². The molecule has 1 aliphatic carbocycles. The van der Waals surface area contributed by atoms with Gasteiger partial charge in [-0.2, -0.15) is 13.2 Å². The Morgan fingerprint density at radius 2 is 2.11 bits per heavy atom. The molecule has 0 bridgehead atoms. The van der Waals surface area contributed by atoms with E-state index in [9.17, 15) is 13.2 Å². The van der Waals surface area contributed by atoms with E-state index in [1.165, 1.54) is 0 Å². The number of rotatable bonds is 2. The summed E-state index contributed by atoms with van der Waals surface area (Å²) in [6.07, 6.45) is -3.82. The maximum Gasteiger partial charge on any atom is 0.396 e. The van der Waals surface area contributed by atoms with Crippen molar-refractivity contribution in [2.24, 2.45) is 16.1 Å². The number of aliphatic imine (C=N–C) groups is 1. The van der Waals surface area contributed by atoms with Crippen molar-refractivity contribution in [3.8, 4) is 0 Å². The molecule has 0 spiro atoms. The first-order valence-corrected chi connectivity index (χ1v) is 6.07. The average molecular weight is 393 g/mol. The molecular formula is C11H19F3IN3O. The summed E-state index contributed by atoms with van der Waals surface area (Å²) in [5.74, 6) is 0.195. The van der Waals surface area contributed by atoms with Crippen LogP contribution < -0.4 is 5.73 Å². The number of halogens is 4. The number of nitrogens with two attached hydrogens (primary N) is 1. The van der Waals surface area contributed by atoms with Crippen LogP contribution in [0.2, 0.25) is 0 Å². The molecule has 19 heavy (non-hydrogen) atoms. The van der Waals surface area contributed by atoms with Gasteiger partial charge in [-0.3, -0.25) is 4.99 Å². The number of morpholine rings is 1. The molecule has 0 aromatic heterocycles. The summed E-state index contributed by atoms with van der Waals surface area (Å²) >= 11 is 0. The Morgan fingerprint density at radius 1 is 1.47 bits per heavy atom. The summed E-state index contributed by atoms with van der Waals surface area (Å²) in [6, 6.07) is 0. The van der Waals surface area contributed by atoms with E-state index < -0.39 is 11.6 Å². The molecule has 1 saturated heterocycles. The Balaban J connectivity index is 0.00000180. The van der Waals surface area contributed by atoms with Crippen LogP contribution in [0.15, 0.2) is 4.99 Å². The van der Waals surface area contributed by atoms with Gasteiger partial charge in [0.1, 0.15) is 0 Å². The smallest absolute Gasteiger partial charge is 0.375 e. The third-order valence-corrected chi connectivity index (χ3v) is 3.56. The molecule has 0 aromatic carbocycles. The molecule has 1 heterocycles. The quantitative estimate of drug-likeness (QED) is 0.444. The standard InChI is InChI=1S/C11H18F3N3O.HI/c1-8-6-17(4-5-18-8)9(15)16-7-10(2-3-10)11(12,13)14;/h8H,2-7H2,1H3,(H2,15,16);1H. The monoisotopic (exact) mass is 393 g/mol. The molecule has 8 heteroatoms. The maximum atomic E-state index is 12.7. The van der Waals surface area contributed by atoms with Gasteiger partial charge in [-0.05, 0) is 19.8 Å². The van der Waals surface area contributed by atoms with Gasteiger partial charge in [-0.1, -0.05) is 0 Å². The molecule has 2 rings (SSSR count). The van der Waals surface area contributed by atoms with Crippen LogP contribution >= 0.6 is 24.0 Å². The lowest BCUT2D eigenvalue weighted by molar-refractivity contribution is -0.183. The summed E-state index contributed by atoms with van der Waals surface area (Å²) in [7, 11) is 0. The van der Waals surface area contributed by atoms with E-state index in [-0.39, 0.29) is 55.4 Å². The van der Waals surface area contributed by atoms with Crippen LogP contribution in [-0.2, 0) is 4.74 Å². The highest BCUT2D eigenvalue weighted by atomic mass is 127. The zero-order valence-electron chi connectivity index (χ0n) is 10.7. The van der Waals surface area contributed by atoms with Crippen LogP contribution in [0.5, 0.6) is 0 Å². The van der Waals surface area contributed by atoms with Crippen LogP contribution in [0.25, 0.3) is 0 Å². The zero-order chi connectivity index (χ0) is 13.4. The Hall–Kier alpha value is -0.250. The summed E-state index contributed by atoms with van der Waals surface area (Å²) < 4.78 is 43.5. The van der Waals surface area contributed by atoms with E-state index in [2.05, 4.69) is 4.99 Å². The summed E-state index contributed by atoms with van der Waals surface area (Å²) in [5, 5.41) is 0. The van der Waals surface area contributed by atoms with Gasteiger partial charge in [-0.25, -0.2) is 0 Å². The highest BCUT2D eigenvalue weighted by Crippen LogP contribution is 2.57. The Labute approximate surface area is 127 Å². The SMILES string of the molecule is CC1CN(C(N)=NCC2(C(F)(F)F)CC2)CCO1.I. The number of hydrogen-bond donors (Lipinski definition) is 1. The Morgan fingerprint density at radius 3 is 2.58 bits per heavy atom. The molecule has 4 nitrogen and oxygen atoms in total. The fraction of sp³-hybridized carbons (Fsp3) is 0.909. The van der Waals surface area contributed by atoms with Crippen LogP contribution in [0.3, 0.4) is 0 Å². The number of nitrogens with zero attached hydrogens (tertiary/aromatic N) is 2. The lowest BCUT2D eigenvalue weighted by Gasteiger charge is -2.32. The van der Waals surface area contributed by atoms with E-state index in [1.54, 1.807) is 4.90 Å². The molecular weight excluding hydrogens is 374 g/mol. The van der Waals surface area contributed by atoms with Gasteiger partial charge in [0.05, 0.1) is 24.7 Å². The second-order valence-electron chi connectivity index (χ2n) is 5.08. The van der Waals surface area contributed by atoms with E-state index in [0.717, 1.165) is 0 Å². The molecule has 1 unspecified atom stereocenters. The second-order valence-corrected chi connectivity index (χ2v) is 5.08. The lowest BCUT2D eigenvalue weighted by atomic mass is 10.1. The van der Waals surface area contributed by atoms with Gasteiger partial charge in [0.15, 0.2) is 5.96 Å². The Bertz CT molecular complexity index is 345. The predicted molar refractivity (Wildman–Crippen MR) is 76.6 cm³/mol. The van der Waals surface area contributed by atoms with E-state index in [4.69, 9.17) is 10.5 Å². The van der Waals surface area contributed by atoms with Gasteiger partial charge in [0.25, 0.3) is 0 Å². The summed E-state index contributed by atoms with van der Waals surface area (Å²) in [6.45, 7) is 3.33. The van der Waals surface area contributed by atoms with Crippen molar-refractivity contribution in [2.45, 2.75) is 32.0 Å². The molecule has 0 amide bonds. The van der Waals surface area contributed by atoms with Crippen LogP contribution in [0, 0.1) is 5.41 Å². The molecule has 2 aliphatic rings. The van der Waals surface area contributed by atoms with Crippen molar-refractivity contribution in [3.05, 3.63) is 0 Å². The Kier molecular flexibility index (Phi) is 5.33. The lowest BCUT2D eigenvalue weighted by Crippen LogP contribution is -2.48. The van der Waals surface area contributed by atoms with Crippen molar-refractivity contribution in [2.75, 3.05) is 26.2 Å². The highest BCUT2D eigenvalue weighted by Gasteiger charge is 2.63. The fourth-order valence-electron chi connectivity index (χ4n) is 2.04. The zero-order valence-corrected chi connectivity index (χ0v) is 13.1. The molecule has 112 valence electrons. The van der Waals surface area contributed by atoms with Crippen LogP contribution in [0.4, 0.5) is 13.2 Å². The van der Waals surface area contributed by atoms with Crippen LogP contribution in [0.1, 0.15) is 19.8 Å². The largest absolute Gasteiger partial charge is 0.396 e. The van der Waals surface area contributed by atoms with Crippen molar-refractivity contribution >= 4 is 29.9 Å². The number of hydrogen-bond acceptors (Lipinski definition) is 2. The van der Waals surface area contributed by atoms with Gasteiger partial charge in [0.2, 0.25) is 0 Å². The van der Waals surface area contributed by atoms with Gasteiger partial charge < -0.3 is 15.4 Å². The van der Waals surface area contributed by atoms with Crippen molar-refractivity contribution < 1.29 is 17.9 Å². The third-order valence-electron chi connectivity index (χ3n) is 3.56. The normalized spacial score (nSPS) is 26.8. The topological polar surface area (TPSA) is 50.8 Å².